The molecule has 0 unspecified atom stereocenters. The quantitative estimate of drug-likeness (QED) is 0.597. The Morgan fingerprint density at radius 2 is 1.52 bits per heavy atom. The van der Waals surface area contributed by atoms with Crippen molar-refractivity contribution in [3.05, 3.63) is 66.4 Å². The Morgan fingerprint density at radius 3 is 2.04 bits per heavy atom. The van der Waals surface area contributed by atoms with Gasteiger partial charge in [0, 0.05) is 28.7 Å². The van der Waals surface area contributed by atoms with Gasteiger partial charge >= 0.3 is 0 Å². The molecule has 112 valence electrons. The van der Waals surface area contributed by atoms with Crippen molar-refractivity contribution in [3.63, 3.8) is 0 Å². The molecule has 4 N–H and O–H groups in total. The lowest BCUT2D eigenvalue weighted by molar-refractivity contribution is 0.100. The molecule has 0 aliphatic carbocycles. The number of anilines is 1. The predicted molar refractivity (Wildman–Crippen MR) is 91.5 cm³/mol. The maximum Gasteiger partial charge on any atom is 0.252 e. The summed E-state index contributed by atoms with van der Waals surface area (Å²) in [6.07, 6.45) is 1.43. The minimum atomic E-state index is -0.580. The molecule has 0 saturated carbocycles. The van der Waals surface area contributed by atoms with Crippen molar-refractivity contribution in [2.24, 2.45) is 5.73 Å². The van der Waals surface area contributed by atoms with Crippen molar-refractivity contribution in [1.29, 1.82) is 0 Å². The average Bonchev–Trinajstić information content (AvgIpc) is 2.89. The van der Waals surface area contributed by atoms with Gasteiger partial charge < -0.3 is 11.5 Å². The van der Waals surface area contributed by atoms with E-state index in [1.54, 1.807) is 6.07 Å². The summed E-state index contributed by atoms with van der Waals surface area (Å²) in [5.74, 6) is 0.0775. The Balaban J connectivity index is 2.08. The fraction of sp³-hybridized carbons (Fsp3) is 0. The van der Waals surface area contributed by atoms with Crippen molar-refractivity contribution < 1.29 is 4.79 Å². The Bertz CT molecular complexity index is 1010. The van der Waals surface area contributed by atoms with Gasteiger partial charge in [0.2, 0.25) is 0 Å². The van der Waals surface area contributed by atoms with E-state index < -0.39 is 5.91 Å². The number of aromatic nitrogens is 2. The van der Waals surface area contributed by atoms with E-state index in [9.17, 15) is 4.79 Å². The van der Waals surface area contributed by atoms with Crippen LogP contribution in [0.15, 0.2) is 60.8 Å². The molecule has 5 nitrogen and oxygen atoms in total. The molecule has 2 heterocycles. The van der Waals surface area contributed by atoms with Gasteiger partial charge in [-0.25, -0.2) is 4.98 Å². The summed E-state index contributed by atoms with van der Waals surface area (Å²) in [5.41, 5.74) is 13.9. The first-order valence-corrected chi connectivity index (χ1v) is 7.20. The summed E-state index contributed by atoms with van der Waals surface area (Å²) in [6.45, 7) is 0. The highest BCUT2D eigenvalue weighted by Crippen LogP contribution is 2.31. The first-order valence-electron chi connectivity index (χ1n) is 7.20. The second kappa shape index (κ2) is 4.84. The van der Waals surface area contributed by atoms with Crippen molar-refractivity contribution in [3.8, 4) is 5.82 Å². The van der Waals surface area contributed by atoms with Crippen LogP contribution in [0.1, 0.15) is 10.4 Å². The van der Waals surface area contributed by atoms with Gasteiger partial charge in [-0.1, -0.05) is 36.4 Å². The number of carbonyl (C=O) groups is 1. The summed E-state index contributed by atoms with van der Waals surface area (Å²) < 4.78 is 2.03. The third-order valence-corrected chi connectivity index (χ3v) is 4.00. The van der Waals surface area contributed by atoms with Gasteiger partial charge in [0.05, 0.1) is 16.6 Å². The number of nitrogens with two attached hydrogens (primary N) is 2. The molecule has 0 aliphatic rings. The smallest absolute Gasteiger partial charge is 0.252 e. The molecule has 1 amide bonds. The fourth-order valence-electron chi connectivity index (χ4n) is 2.96. The molecule has 4 rings (SSSR count). The first kappa shape index (κ1) is 13.3. The van der Waals surface area contributed by atoms with E-state index in [1.807, 2.05) is 41.0 Å². The number of primary amides is 1. The van der Waals surface area contributed by atoms with Crippen LogP contribution in [0.2, 0.25) is 0 Å². The molecule has 0 saturated heterocycles. The van der Waals surface area contributed by atoms with Crippen molar-refractivity contribution in [2.45, 2.75) is 0 Å². The number of rotatable bonds is 2. The SMILES string of the molecule is NC(=O)c1cnc(-n2c3ccccc3c3ccccc32)cc1N. The third-order valence-electron chi connectivity index (χ3n) is 4.00. The molecule has 0 aliphatic heterocycles. The number of carbonyl (C=O) groups excluding carboxylic acids is 1. The van der Waals surface area contributed by atoms with Gasteiger partial charge in [-0.3, -0.25) is 9.36 Å². The van der Waals surface area contributed by atoms with Crippen LogP contribution in [-0.4, -0.2) is 15.5 Å². The van der Waals surface area contributed by atoms with E-state index in [0.717, 1.165) is 21.8 Å². The van der Waals surface area contributed by atoms with Gasteiger partial charge in [-0.15, -0.1) is 0 Å². The first-order chi connectivity index (χ1) is 11.2. The maximum atomic E-state index is 11.3. The topological polar surface area (TPSA) is 86.9 Å². The van der Waals surface area contributed by atoms with Gasteiger partial charge in [0.15, 0.2) is 0 Å². The predicted octanol–water partition coefficient (Wildman–Crippen LogP) is 2.86. The highest BCUT2D eigenvalue weighted by molar-refractivity contribution is 6.09. The number of nitrogens with zero attached hydrogens (tertiary/aromatic N) is 2. The van der Waals surface area contributed by atoms with Crippen molar-refractivity contribution in [2.75, 3.05) is 5.73 Å². The summed E-state index contributed by atoms with van der Waals surface area (Å²) in [7, 11) is 0. The highest BCUT2D eigenvalue weighted by Gasteiger charge is 2.14. The van der Waals surface area contributed by atoms with Crippen LogP contribution in [0.3, 0.4) is 0 Å². The number of hydrogen-bond donors (Lipinski definition) is 2. The lowest BCUT2D eigenvalue weighted by Gasteiger charge is -2.09. The maximum absolute atomic E-state index is 11.3. The normalized spacial score (nSPS) is 11.1. The van der Waals surface area contributed by atoms with Gasteiger partial charge in [0.25, 0.3) is 5.91 Å². The standard InChI is InChI=1S/C18H14N4O/c19-14-9-17(21-10-13(14)18(20)23)22-15-7-3-1-5-11(15)12-6-2-4-8-16(12)22/h1-10H,(H2,19,21)(H2,20,23). The van der Waals surface area contributed by atoms with E-state index in [2.05, 4.69) is 17.1 Å². The number of fused-ring (bicyclic) bond motifs is 3. The lowest BCUT2D eigenvalue weighted by atomic mass is 10.2. The Morgan fingerprint density at radius 1 is 0.957 bits per heavy atom. The van der Waals surface area contributed by atoms with Crippen LogP contribution in [0, 0.1) is 0 Å². The van der Waals surface area contributed by atoms with E-state index in [1.165, 1.54) is 6.20 Å². The van der Waals surface area contributed by atoms with Gasteiger partial charge in [-0.2, -0.15) is 0 Å². The molecule has 23 heavy (non-hydrogen) atoms. The molecule has 4 aromatic rings. The van der Waals surface area contributed by atoms with Crippen LogP contribution in [0.4, 0.5) is 5.69 Å². The molecule has 0 spiro atoms. The third kappa shape index (κ3) is 1.94. The van der Waals surface area contributed by atoms with E-state index in [4.69, 9.17) is 11.5 Å². The molecule has 5 heteroatoms. The van der Waals surface area contributed by atoms with Crippen LogP contribution in [0.5, 0.6) is 0 Å². The monoisotopic (exact) mass is 302 g/mol. The second-order valence-corrected chi connectivity index (χ2v) is 5.36. The minimum Gasteiger partial charge on any atom is -0.398 e. The molecular weight excluding hydrogens is 288 g/mol. The lowest BCUT2D eigenvalue weighted by Crippen LogP contribution is -2.14. The molecule has 0 atom stereocenters. The number of hydrogen-bond acceptors (Lipinski definition) is 3. The molecule has 0 fully saturated rings. The zero-order chi connectivity index (χ0) is 16.0. The molecule has 2 aromatic carbocycles. The van der Waals surface area contributed by atoms with Crippen LogP contribution in [0.25, 0.3) is 27.6 Å². The van der Waals surface area contributed by atoms with Crippen molar-refractivity contribution in [1.82, 2.24) is 9.55 Å². The van der Waals surface area contributed by atoms with Gasteiger partial charge in [0.1, 0.15) is 5.82 Å². The zero-order valence-corrected chi connectivity index (χ0v) is 12.2. The largest absolute Gasteiger partial charge is 0.398 e. The number of pyridine rings is 1. The molecule has 0 radical (unpaired) electrons. The second-order valence-electron chi connectivity index (χ2n) is 5.36. The van der Waals surface area contributed by atoms with Crippen molar-refractivity contribution >= 4 is 33.4 Å². The number of nitrogen functional groups attached to an aromatic ring is 1. The fourth-order valence-corrected chi connectivity index (χ4v) is 2.96. The zero-order valence-electron chi connectivity index (χ0n) is 12.2. The Hall–Kier alpha value is -3.34. The average molecular weight is 302 g/mol. The summed E-state index contributed by atoms with van der Waals surface area (Å²) in [4.78, 5) is 15.7. The van der Waals surface area contributed by atoms with Crippen LogP contribution >= 0.6 is 0 Å². The summed E-state index contributed by atoms with van der Waals surface area (Å²) in [5, 5.41) is 2.28. The van der Waals surface area contributed by atoms with Gasteiger partial charge in [-0.05, 0) is 12.1 Å². The van der Waals surface area contributed by atoms with E-state index in [0.29, 0.717) is 11.5 Å². The summed E-state index contributed by atoms with van der Waals surface area (Å²) >= 11 is 0. The Kier molecular flexibility index (Phi) is 2.81. The summed E-state index contributed by atoms with van der Waals surface area (Å²) in [6, 6.07) is 17.9. The Labute approximate surface area is 132 Å². The number of amides is 1. The number of para-hydroxylation sites is 2. The van der Waals surface area contributed by atoms with E-state index >= 15 is 0 Å². The minimum absolute atomic E-state index is 0.231. The van der Waals surface area contributed by atoms with E-state index in [-0.39, 0.29) is 5.56 Å². The highest BCUT2D eigenvalue weighted by atomic mass is 16.1. The van der Waals surface area contributed by atoms with Crippen LogP contribution < -0.4 is 11.5 Å². The molecular formula is C18H14N4O. The van der Waals surface area contributed by atoms with Crippen LogP contribution in [-0.2, 0) is 0 Å². The number of benzene rings is 2. The molecule has 0 bridgehead atoms. The molecule has 2 aromatic heterocycles.